The molecule has 14 saturated heterocycles. The Kier molecular flexibility index (Phi) is 13.9. The van der Waals surface area contributed by atoms with Crippen LogP contribution in [0.3, 0.4) is 0 Å². The fourth-order valence-electron chi connectivity index (χ4n) is 12.2. The lowest BCUT2D eigenvalue weighted by atomic mass is 9.77. The number of ether oxygens (including phenoxy) is 15. The summed E-state index contributed by atoms with van der Waals surface area (Å²) in [7, 11) is 1.47. The fraction of sp³-hybridized carbons (Fsp3) is 1.00. The minimum atomic E-state index is -1.52. The number of hydrogen-bond donors (Lipinski definition) is 10. The molecule has 0 aromatic heterocycles. The van der Waals surface area contributed by atoms with Crippen molar-refractivity contribution in [2.75, 3.05) is 99.6 Å². The first-order valence-corrected chi connectivity index (χ1v) is 23.3. The van der Waals surface area contributed by atoms with E-state index in [0.717, 1.165) is 0 Å². The molecule has 384 valence electrons. The van der Waals surface area contributed by atoms with Crippen molar-refractivity contribution in [3.8, 4) is 0 Å². The van der Waals surface area contributed by atoms with Crippen molar-refractivity contribution >= 4 is 0 Å². The molecule has 14 fully saturated rings. The maximum atomic E-state index is 11.2. The van der Waals surface area contributed by atoms with E-state index >= 15 is 0 Å². The second-order valence-corrected chi connectivity index (χ2v) is 19.5. The molecule has 0 amide bonds. The lowest BCUT2D eigenvalue weighted by Crippen LogP contribution is -2.78. The molecule has 14 aliphatic rings. The number of aliphatic hydroxyl groups excluding tert-OH is 10. The van der Waals surface area contributed by atoms with Crippen molar-refractivity contribution in [3.05, 3.63) is 0 Å². The van der Waals surface area contributed by atoms with Gasteiger partial charge in [0.1, 0.15) is 61.0 Å². The lowest BCUT2D eigenvalue weighted by molar-refractivity contribution is -0.482. The SMILES string of the molecule is CC[C@H]1C2OC1(CO)O[C@H](COC[C@H]1C3OC1(CO)O[C@H](COC[C@H]1C4OC1(CO)O[C@H](COC[C@H]1C5OC1(CO)O[C@H](COC[C@H]1C6OC1(CO)O[C@H](COC)[C@H]6O)[C@H]5O)[C@H]4O)[C@H]3O)[C@H]2O. The lowest BCUT2D eigenvalue weighted by Gasteiger charge is -2.62. The van der Waals surface area contributed by atoms with E-state index < -0.39 is 171 Å². The fourth-order valence-corrected chi connectivity index (χ4v) is 12.2. The van der Waals surface area contributed by atoms with Gasteiger partial charge in [0.05, 0.1) is 147 Å². The van der Waals surface area contributed by atoms with Gasteiger partial charge >= 0.3 is 0 Å². The average molecular weight is 971 g/mol. The van der Waals surface area contributed by atoms with Crippen LogP contribution in [0.4, 0.5) is 0 Å². The molecule has 25 atom stereocenters. The third kappa shape index (κ3) is 7.70. The highest BCUT2D eigenvalue weighted by Gasteiger charge is 2.70. The molecule has 0 aromatic carbocycles. The van der Waals surface area contributed by atoms with E-state index in [0.29, 0.717) is 6.42 Å². The van der Waals surface area contributed by atoms with Crippen LogP contribution >= 0.6 is 0 Å². The van der Waals surface area contributed by atoms with E-state index in [9.17, 15) is 51.1 Å². The molecule has 10 bridgehead atoms. The predicted molar refractivity (Wildman–Crippen MR) is 211 cm³/mol. The normalized spacial score (nSPS) is 54.3. The summed E-state index contributed by atoms with van der Waals surface area (Å²) in [6.07, 6.45) is -12.5. The molecule has 0 saturated carbocycles. The smallest absolute Gasteiger partial charge is 0.200 e. The Labute approximate surface area is 384 Å². The average Bonchev–Trinajstić information content (AvgIpc) is 3.31. The Balaban J connectivity index is 0.655. The van der Waals surface area contributed by atoms with Gasteiger partial charge in [-0.2, -0.15) is 0 Å². The summed E-state index contributed by atoms with van der Waals surface area (Å²) in [6, 6.07) is 0. The topological polar surface area (TPSA) is 341 Å². The van der Waals surface area contributed by atoms with Gasteiger partial charge in [0.2, 0.25) is 0 Å². The Bertz CT molecular complexity index is 1720. The standard InChI is InChI=1S/C42H66O25/c1-3-18-33-29(49)24(59-38(18,13-43)63-33)9-54-5-20-35-31(51)26(61-40(20,15-45)65-35)11-56-7-22-37-32(52)27(62-42(22,17-47)67-37)12-57-6-21-36-30(50)25(60-41(21,16-46)66-36)10-55-4-19-34-28(48)23(8-53-2)58-39(19,14-44)64-34/h18-37,43-52H,3-17H2,1-2H3/t18-,19-,20-,21-,22-,23+,24+,25+,26+,27+,28+,29+,30+,31+,32+,33?,34?,35?,36?,37?,38?,39?,40?,41?,42?/m0/s1. The van der Waals surface area contributed by atoms with Crippen molar-refractivity contribution < 1.29 is 122 Å². The zero-order valence-corrected chi connectivity index (χ0v) is 37.2. The van der Waals surface area contributed by atoms with E-state index in [1.54, 1.807) is 0 Å². The highest BCUT2D eigenvalue weighted by Crippen LogP contribution is 2.53. The van der Waals surface area contributed by atoms with Gasteiger partial charge in [-0.1, -0.05) is 6.92 Å². The van der Waals surface area contributed by atoms with Crippen LogP contribution in [0, 0.1) is 29.6 Å². The van der Waals surface area contributed by atoms with Crippen molar-refractivity contribution in [2.24, 2.45) is 29.6 Å². The highest BCUT2D eigenvalue weighted by atomic mass is 16.8. The van der Waals surface area contributed by atoms with Gasteiger partial charge in [-0.3, -0.25) is 0 Å². The van der Waals surface area contributed by atoms with Crippen molar-refractivity contribution in [1.82, 2.24) is 0 Å². The van der Waals surface area contributed by atoms with Crippen LogP contribution in [0.25, 0.3) is 0 Å². The number of hydrogen-bond acceptors (Lipinski definition) is 25. The summed E-state index contributed by atoms with van der Waals surface area (Å²) < 4.78 is 87.4. The minimum absolute atomic E-state index is 0.00693. The van der Waals surface area contributed by atoms with Gasteiger partial charge in [-0.25, -0.2) is 0 Å². The summed E-state index contributed by atoms with van der Waals surface area (Å²) in [5, 5.41) is 106. The quantitative estimate of drug-likeness (QED) is 0.0430. The summed E-state index contributed by atoms with van der Waals surface area (Å²) in [5.74, 6) is -9.45. The van der Waals surface area contributed by atoms with Gasteiger partial charge in [-0.05, 0) is 6.42 Å². The zero-order chi connectivity index (χ0) is 47.3. The van der Waals surface area contributed by atoms with Crippen molar-refractivity contribution in [1.29, 1.82) is 0 Å². The Morgan fingerprint density at radius 3 is 0.776 bits per heavy atom. The van der Waals surface area contributed by atoms with Crippen LogP contribution in [-0.2, 0) is 71.1 Å². The molecule has 0 aliphatic carbocycles. The van der Waals surface area contributed by atoms with E-state index in [1.807, 2.05) is 6.92 Å². The molecule has 0 radical (unpaired) electrons. The van der Waals surface area contributed by atoms with E-state index in [2.05, 4.69) is 0 Å². The first-order chi connectivity index (χ1) is 32.2. The predicted octanol–water partition coefficient (Wildman–Crippen LogP) is -6.57. The molecule has 67 heavy (non-hydrogen) atoms. The third-order valence-electron chi connectivity index (χ3n) is 16.0. The molecule has 14 aliphatic heterocycles. The highest BCUT2D eigenvalue weighted by molar-refractivity contribution is 5.10. The van der Waals surface area contributed by atoms with Crippen LogP contribution < -0.4 is 0 Å². The maximum Gasteiger partial charge on any atom is 0.200 e. The molecule has 25 heteroatoms. The molecule has 14 heterocycles. The van der Waals surface area contributed by atoms with Gasteiger partial charge in [-0.15, -0.1) is 0 Å². The van der Waals surface area contributed by atoms with Gasteiger partial charge in [0, 0.05) is 13.0 Å². The Morgan fingerprint density at radius 1 is 0.328 bits per heavy atom. The molecule has 10 unspecified atom stereocenters. The minimum Gasteiger partial charge on any atom is -0.391 e. The van der Waals surface area contributed by atoms with E-state index in [1.165, 1.54) is 7.11 Å². The Hall–Kier alpha value is -1.00. The summed E-state index contributed by atoms with van der Waals surface area (Å²) in [6.45, 7) is -0.950. The monoisotopic (exact) mass is 970 g/mol. The van der Waals surface area contributed by atoms with Crippen molar-refractivity contribution in [2.45, 2.75) is 134 Å². The summed E-state index contributed by atoms with van der Waals surface area (Å²) in [5.41, 5.74) is 0. The van der Waals surface area contributed by atoms with Crippen LogP contribution in [0.15, 0.2) is 0 Å². The van der Waals surface area contributed by atoms with Crippen LogP contribution in [-0.4, -0.2) is 271 Å². The molecule has 14 rings (SSSR count). The van der Waals surface area contributed by atoms with E-state index in [-0.39, 0.29) is 72.0 Å². The van der Waals surface area contributed by atoms with Crippen LogP contribution in [0.5, 0.6) is 0 Å². The molecule has 0 aromatic rings. The first-order valence-electron chi connectivity index (χ1n) is 23.3. The third-order valence-corrected chi connectivity index (χ3v) is 16.0. The van der Waals surface area contributed by atoms with Crippen LogP contribution in [0.1, 0.15) is 13.3 Å². The molecular weight excluding hydrogens is 904 g/mol. The van der Waals surface area contributed by atoms with E-state index in [4.69, 9.17) is 71.1 Å². The number of rotatable bonds is 24. The second-order valence-electron chi connectivity index (χ2n) is 19.5. The largest absolute Gasteiger partial charge is 0.391 e. The number of fused-ring (bicyclic) bond motifs is 10. The second kappa shape index (κ2) is 18.8. The van der Waals surface area contributed by atoms with Gasteiger partial charge in [0.25, 0.3) is 0 Å². The Morgan fingerprint density at radius 2 is 0.552 bits per heavy atom. The summed E-state index contributed by atoms with van der Waals surface area (Å²) in [4.78, 5) is 0. The first kappa shape index (κ1) is 49.6. The zero-order valence-electron chi connectivity index (χ0n) is 37.2. The number of methoxy groups -OCH3 is 1. The van der Waals surface area contributed by atoms with Gasteiger partial charge in [0.15, 0.2) is 28.9 Å². The maximum absolute atomic E-state index is 11.2. The summed E-state index contributed by atoms with van der Waals surface area (Å²) >= 11 is 0. The molecule has 10 N–H and O–H groups in total. The molecule has 25 nitrogen and oxygen atoms in total. The molecular formula is C42H66O25. The number of aliphatic hydroxyl groups is 10. The molecule has 0 spiro atoms. The van der Waals surface area contributed by atoms with Gasteiger partial charge < -0.3 is 122 Å². The van der Waals surface area contributed by atoms with Crippen molar-refractivity contribution in [3.63, 3.8) is 0 Å². The van der Waals surface area contributed by atoms with Crippen LogP contribution in [0.2, 0.25) is 0 Å².